The van der Waals surface area contributed by atoms with E-state index in [1.807, 2.05) is 0 Å². The molecule has 0 atom stereocenters. The highest BCUT2D eigenvalue weighted by Gasteiger charge is 2.21. The summed E-state index contributed by atoms with van der Waals surface area (Å²) in [6.45, 7) is 0. The summed E-state index contributed by atoms with van der Waals surface area (Å²) in [4.78, 5) is 0. The third-order valence-electron chi connectivity index (χ3n) is 18.1. The summed E-state index contributed by atoms with van der Waals surface area (Å²) >= 11 is 0. The molecule has 0 radical (unpaired) electrons. The van der Waals surface area contributed by atoms with Gasteiger partial charge in [0.1, 0.15) is 0 Å². The molecule has 0 bridgehead atoms. The van der Waals surface area contributed by atoms with Crippen molar-refractivity contribution < 1.29 is 0 Å². The molecule has 17 aromatic rings. The molecule has 0 aliphatic heterocycles. The van der Waals surface area contributed by atoms with E-state index in [0.717, 1.165) is 0 Å². The Morgan fingerprint density at radius 2 is 0.488 bits per heavy atom. The number of nitrogens with zero attached hydrogens (tertiary/aromatic N) is 2. The highest BCUT2D eigenvalue weighted by molar-refractivity contribution is 6.30. The van der Waals surface area contributed by atoms with Gasteiger partial charge in [0.05, 0.1) is 0 Å². The minimum Gasteiger partial charge on any atom is -0.344 e. The van der Waals surface area contributed by atoms with Crippen molar-refractivity contribution in [1.29, 1.82) is 0 Å². The molecule has 82 heavy (non-hydrogen) atoms. The van der Waals surface area contributed by atoms with Gasteiger partial charge in [-0.1, -0.05) is 249 Å². The Kier molecular flexibility index (Phi) is 10.2. The first-order valence-corrected chi connectivity index (χ1v) is 28.5. The molecule has 2 heteroatoms. The normalized spacial score (nSPS) is 12.0. The van der Waals surface area contributed by atoms with Crippen molar-refractivity contribution in [2.75, 3.05) is 0 Å². The van der Waals surface area contributed by atoms with Gasteiger partial charge in [-0.3, -0.25) is 0 Å². The lowest BCUT2D eigenvalue weighted by Crippen LogP contribution is -1.91. The van der Waals surface area contributed by atoms with E-state index < -0.39 is 0 Å². The number of hydrogen-bond acceptors (Lipinski definition) is 0. The van der Waals surface area contributed by atoms with E-state index in [-0.39, 0.29) is 0 Å². The SMILES string of the molecule is Cn1c2cc(-c3ccc(-c4c5ccccc5c(-c5ccccc5)c5ccccc45)cc3)ccc2c2c3ccc4c(c3ccc21)c1ccc(-c2ccc(-c3c5ccccc5c(-c5ccc6ccccc6c5)c5ccccc35)cc2)cc1n4C. The third kappa shape index (κ3) is 6.88. The number of fused-ring (bicyclic) bond motifs is 14. The van der Waals surface area contributed by atoms with E-state index in [1.165, 1.54) is 175 Å². The molecule has 0 fully saturated rings. The second kappa shape index (κ2) is 18.0. The van der Waals surface area contributed by atoms with Crippen molar-refractivity contribution in [3.8, 4) is 66.8 Å². The first-order chi connectivity index (χ1) is 40.5. The van der Waals surface area contributed by atoms with Gasteiger partial charge in [-0.2, -0.15) is 0 Å². The fourth-order valence-corrected chi connectivity index (χ4v) is 14.3. The number of aryl methyl sites for hydroxylation is 2. The highest BCUT2D eigenvalue weighted by atomic mass is 14.9. The van der Waals surface area contributed by atoms with Crippen molar-refractivity contribution in [1.82, 2.24) is 9.13 Å². The Morgan fingerprint density at radius 1 is 0.183 bits per heavy atom. The molecule has 0 unspecified atom stereocenters. The molecule has 0 saturated heterocycles. The summed E-state index contributed by atoms with van der Waals surface area (Å²) in [6.07, 6.45) is 0. The highest BCUT2D eigenvalue weighted by Crippen LogP contribution is 2.48. The predicted octanol–water partition coefficient (Wildman–Crippen LogP) is 21.9. The Labute approximate surface area is 474 Å². The quantitative estimate of drug-likeness (QED) is 0.147. The van der Waals surface area contributed by atoms with Gasteiger partial charge >= 0.3 is 0 Å². The Hall–Kier alpha value is -10.5. The summed E-state index contributed by atoms with van der Waals surface area (Å²) in [7, 11) is 4.44. The van der Waals surface area contributed by atoms with Crippen molar-refractivity contribution in [3.63, 3.8) is 0 Å². The molecule has 0 N–H and O–H groups in total. The molecule has 0 spiro atoms. The van der Waals surface area contributed by atoms with Crippen molar-refractivity contribution in [2.24, 2.45) is 14.1 Å². The monoisotopic (exact) mass is 1040 g/mol. The van der Waals surface area contributed by atoms with Crippen LogP contribution in [0, 0.1) is 0 Å². The summed E-state index contributed by atoms with van der Waals surface area (Å²) in [5.74, 6) is 0. The number of hydrogen-bond donors (Lipinski definition) is 0. The second-order valence-corrected chi connectivity index (χ2v) is 22.4. The van der Waals surface area contributed by atoms with Crippen LogP contribution in [0.15, 0.2) is 279 Å². The van der Waals surface area contributed by atoms with Crippen LogP contribution in [0.3, 0.4) is 0 Å². The first-order valence-electron chi connectivity index (χ1n) is 28.5. The fraction of sp³-hybridized carbons (Fsp3) is 0.0250. The van der Waals surface area contributed by atoms with Crippen molar-refractivity contribution in [2.45, 2.75) is 0 Å². The maximum atomic E-state index is 2.38. The topological polar surface area (TPSA) is 9.86 Å². The molecule has 17 rings (SSSR count). The van der Waals surface area contributed by atoms with Gasteiger partial charge in [0.2, 0.25) is 0 Å². The molecule has 0 amide bonds. The summed E-state index contributed by atoms with van der Waals surface area (Å²) in [5, 5.41) is 20.3. The Morgan fingerprint density at radius 3 is 0.902 bits per heavy atom. The van der Waals surface area contributed by atoms with Crippen LogP contribution >= 0.6 is 0 Å². The Balaban J connectivity index is 0.723. The van der Waals surface area contributed by atoms with E-state index in [0.29, 0.717) is 0 Å². The molecule has 0 aliphatic carbocycles. The van der Waals surface area contributed by atoms with Crippen LogP contribution in [0.5, 0.6) is 0 Å². The third-order valence-corrected chi connectivity index (χ3v) is 18.1. The van der Waals surface area contributed by atoms with Crippen molar-refractivity contribution >= 4 is 108 Å². The van der Waals surface area contributed by atoms with E-state index in [4.69, 9.17) is 0 Å². The molecule has 2 heterocycles. The molecule has 2 aromatic heterocycles. The van der Waals surface area contributed by atoms with Gasteiger partial charge < -0.3 is 9.13 Å². The summed E-state index contributed by atoms with van der Waals surface area (Å²) < 4.78 is 4.76. The number of benzene rings is 15. The minimum absolute atomic E-state index is 1.20. The average molecular weight is 1040 g/mol. The van der Waals surface area contributed by atoms with E-state index in [2.05, 4.69) is 302 Å². The van der Waals surface area contributed by atoms with Crippen LogP contribution in [-0.4, -0.2) is 9.13 Å². The predicted molar refractivity (Wildman–Crippen MR) is 352 cm³/mol. The molecule has 382 valence electrons. The van der Waals surface area contributed by atoms with Gasteiger partial charge in [-0.05, 0) is 162 Å². The van der Waals surface area contributed by atoms with Gasteiger partial charge in [-0.15, -0.1) is 0 Å². The molecular weight excluding hydrogens is 989 g/mol. The fourth-order valence-electron chi connectivity index (χ4n) is 14.3. The first kappa shape index (κ1) is 46.4. The molecular formula is C80H52N2. The molecule has 15 aromatic carbocycles. The van der Waals surface area contributed by atoms with Crippen LogP contribution in [0.4, 0.5) is 0 Å². The Bertz CT molecular complexity index is 5390. The van der Waals surface area contributed by atoms with Crippen LogP contribution in [-0.2, 0) is 14.1 Å². The number of aromatic nitrogens is 2. The summed E-state index contributed by atoms with van der Waals surface area (Å²) in [6, 6.07) is 104. The average Bonchev–Trinajstić information content (AvgIpc) is 2.58. The van der Waals surface area contributed by atoms with Gasteiger partial charge in [-0.25, -0.2) is 0 Å². The van der Waals surface area contributed by atoms with Crippen LogP contribution < -0.4 is 0 Å². The summed E-state index contributed by atoms with van der Waals surface area (Å²) in [5.41, 5.74) is 19.8. The smallest absolute Gasteiger partial charge is 0.0495 e. The second-order valence-electron chi connectivity index (χ2n) is 22.4. The van der Waals surface area contributed by atoms with Gasteiger partial charge in [0.15, 0.2) is 0 Å². The molecule has 0 saturated carbocycles. The maximum Gasteiger partial charge on any atom is 0.0495 e. The molecule has 2 nitrogen and oxygen atoms in total. The standard InChI is InChI=1S/C80H52N2/c1-81-71-44-42-68-67(79(71)69-40-38-56(47-73(69)81)50-28-33-53(34-29-50)76-61-22-10-8-20-59(61)75(52-17-4-3-5-18-52)60-21-9-11-23-62(60)76)43-45-72-80(68)70-41-39-57(48-74(70)82(72)2)51-30-35-54(36-31-51)77-63-24-12-14-26-65(63)78(66-27-15-13-25-64(66)77)58-37-32-49-16-6-7-19-55(49)46-58/h3-48H,1-2H3. The zero-order valence-electron chi connectivity index (χ0n) is 45.5. The van der Waals surface area contributed by atoms with Gasteiger partial charge in [0.25, 0.3) is 0 Å². The van der Waals surface area contributed by atoms with E-state index in [9.17, 15) is 0 Å². The molecule has 0 aliphatic rings. The zero-order chi connectivity index (χ0) is 54.2. The largest absolute Gasteiger partial charge is 0.344 e. The zero-order valence-corrected chi connectivity index (χ0v) is 45.5. The van der Waals surface area contributed by atoms with Gasteiger partial charge in [0, 0.05) is 57.7 Å². The van der Waals surface area contributed by atoms with Crippen LogP contribution in [0.1, 0.15) is 0 Å². The lowest BCUT2D eigenvalue weighted by molar-refractivity contribution is 1.01. The van der Waals surface area contributed by atoms with Crippen LogP contribution in [0.2, 0.25) is 0 Å². The van der Waals surface area contributed by atoms with E-state index in [1.54, 1.807) is 0 Å². The minimum atomic E-state index is 1.20. The van der Waals surface area contributed by atoms with Crippen molar-refractivity contribution in [3.05, 3.63) is 279 Å². The number of rotatable bonds is 6. The van der Waals surface area contributed by atoms with E-state index >= 15 is 0 Å². The lowest BCUT2D eigenvalue weighted by atomic mass is 9.85. The maximum absolute atomic E-state index is 2.38. The van der Waals surface area contributed by atoms with Crippen LogP contribution in [0.25, 0.3) is 175 Å². The lowest BCUT2D eigenvalue weighted by Gasteiger charge is -2.18.